The first kappa shape index (κ1) is 9.58. The van der Waals surface area contributed by atoms with E-state index in [0.717, 1.165) is 11.3 Å². The molecule has 0 atom stereocenters. The highest BCUT2D eigenvalue weighted by Crippen LogP contribution is 2.17. The van der Waals surface area contributed by atoms with E-state index in [0.29, 0.717) is 11.6 Å². The largest absolute Gasteiger partial charge is 0.396 e. The minimum absolute atomic E-state index is 0.445. The molecule has 0 unspecified atom stereocenters. The van der Waals surface area contributed by atoms with Crippen molar-refractivity contribution in [2.24, 2.45) is 5.92 Å². The molecule has 0 spiro atoms. The summed E-state index contributed by atoms with van der Waals surface area (Å²) < 4.78 is 0. The van der Waals surface area contributed by atoms with Crippen LogP contribution >= 0.6 is 0 Å². The topological polar surface area (TPSA) is 54.7 Å². The van der Waals surface area contributed by atoms with Gasteiger partial charge in [0.25, 0.3) is 0 Å². The van der Waals surface area contributed by atoms with E-state index in [4.69, 9.17) is 5.73 Å². The lowest BCUT2D eigenvalue weighted by Crippen LogP contribution is -1.92. The quantitative estimate of drug-likeness (QED) is 0.695. The van der Waals surface area contributed by atoms with Crippen LogP contribution in [0.15, 0.2) is 24.4 Å². The van der Waals surface area contributed by atoms with Gasteiger partial charge in [-0.15, -0.1) is 0 Å². The van der Waals surface area contributed by atoms with Crippen LogP contribution in [0.3, 0.4) is 0 Å². The SMILES string of the molecule is C=C/C(=C\c1[nH]ncc1N)C(C)C. The maximum atomic E-state index is 5.67. The number of nitrogens with two attached hydrogens (primary N) is 1. The molecule has 0 saturated carbocycles. The summed E-state index contributed by atoms with van der Waals surface area (Å²) in [4.78, 5) is 0. The lowest BCUT2D eigenvalue weighted by atomic mass is 10.0. The number of aromatic amines is 1. The van der Waals surface area contributed by atoms with E-state index in [-0.39, 0.29) is 0 Å². The van der Waals surface area contributed by atoms with Crippen LogP contribution in [-0.2, 0) is 0 Å². The Hall–Kier alpha value is -1.51. The van der Waals surface area contributed by atoms with Gasteiger partial charge < -0.3 is 5.73 Å². The van der Waals surface area contributed by atoms with Crippen molar-refractivity contribution in [2.45, 2.75) is 13.8 Å². The van der Waals surface area contributed by atoms with Crippen molar-refractivity contribution in [3.8, 4) is 0 Å². The Morgan fingerprint density at radius 1 is 1.69 bits per heavy atom. The second-order valence-corrected chi connectivity index (χ2v) is 3.24. The molecular formula is C10H15N3. The molecule has 0 aliphatic rings. The van der Waals surface area contributed by atoms with E-state index < -0.39 is 0 Å². The Kier molecular flexibility index (Phi) is 2.90. The van der Waals surface area contributed by atoms with Gasteiger partial charge in [0.1, 0.15) is 0 Å². The number of nitrogens with one attached hydrogen (secondary N) is 1. The summed E-state index contributed by atoms with van der Waals surface area (Å²) in [5.41, 5.74) is 8.34. The Bertz CT molecular complexity index is 321. The third-order valence-corrected chi connectivity index (χ3v) is 1.91. The average Bonchev–Trinajstić information content (AvgIpc) is 2.46. The van der Waals surface area contributed by atoms with E-state index in [1.54, 1.807) is 6.20 Å². The summed E-state index contributed by atoms with van der Waals surface area (Å²) in [6.45, 7) is 7.97. The molecule has 70 valence electrons. The normalized spacial score (nSPS) is 12.1. The van der Waals surface area contributed by atoms with Gasteiger partial charge in [0.05, 0.1) is 17.6 Å². The number of rotatable bonds is 3. The molecule has 1 heterocycles. The van der Waals surface area contributed by atoms with Crippen molar-refractivity contribution in [2.75, 3.05) is 5.73 Å². The first-order valence-electron chi connectivity index (χ1n) is 4.28. The Balaban J connectivity index is 2.98. The van der Waals surface area contributed by atoms with Gasteiger partial charge in [0.15, 0.2) is 0 Å². The minimum atomic E-state index is 0.445. The predicted molar refractivity (Wildman–Crippen MR) is 56.0 cm³/mol. The molecule has 0 aliphatic carbocycles. The molecule has 0 saturated heterocycles. The molecule has 3 nitrogen and oxygen atoms in total. The number of anilines is 1. The van der Waals surface area contributed by atoms with Crippen molar-refractivity contribution in [3.05, 3.63) is 30.1 Å². The van der Waals surface area contributed by atoms with Crippen LogP contribution < -0.4 is 5.73 Å². The molecule has 0 amide bonds. The first-order chi connectivity index (χ1) is 6.15. The van der Waals surface area contributed by atoms with Crippen molar-refractivity contribution < 1.29 is 0 Å². The zero-order chi connectivity index (χ0) is 9.84. The molecule has 0 aromatic carbocycles. The van der Waals surface area contributed by atoms with Gasteiger partial charge in [-0.25, -0.2) is 0 Å². The predicted octanol–water partition coefficient (Wildman–Crippen LogP) is 2.22. The van der Waals surface area contributed by atoms with Crippen LogP contribution in [0.4, 0.5) is 5.69 Å². The molecule has 0 radical (unpaired) electrons. The van der Waals surface area contributed by atoms with E-state index in [1.165, 1.54) is 0 Å². The second kappa shape index (κ2) is 3.94. The monoisotopic (exact) mass is 177 g/mol. The van der Waals surface area contributed by atoms with Gasteiger partial charge in [-0.3, -0.25) is 5.10 Å². The van der Waals surface area contributed by atoms with Crippen LogP contribution in [-0.4, -0.2) is 10.2 Å². The fraction of sp³-hybridized carbons (Fsp3) is 0.300. The Morgan fingerprint density at radius 3 is 2.77 bits per heavy atom. The molecule has 3 N–H and O–H groups in total. The summed E-state index contributed by atoms with van der Waals surface area (Å²) in [5, 5.41) is 6.67. The summed E-state index contributed by atoms with van der Waals surface area (Å²) in [7, 11) is 0. The molecule has 3 heteroatoms. The maximum Gasteiger partial charge on any atom is 0.0810 e. The molecular weight excluding hydrogens is 162 g/mol. The third kappa shape index (κ3) is 2.21. The molecule has 1 rings (SSSR count). The smallest absolute Gasteiger partial charge is 0.0810 e. The molecule has 0 fully saturated rings. The minimum Gasteiger partial charge on any atom is -0.396 e. The number of nitrogens with zero attached hydrogens (tertiary/aromatic N) is 1. The average molecular weight is 177 g/mol. The van der Waals surface area contributed by atoms with Gasteiger partial charge >= 0.3 is 0 Å². The standard InChI is InChI=1S/C10H15N3/c1-4-8(7(2)3)5-10-9(11)6-12-13-10/h4-7H,1,11H2,2-3H3,(H,12,13)/b8-5+. The summed E-state index contributed by atoms with van der Waals surface area (Å²) >= 11 is 0. The van der Waals surface area contributed by atoms with Crippen molar-refractivity contribution >= 4 is 11.8 Å². The van der Waals surface area contributed by atoms with Crippen molar-refractivity contribution in [3.63, 3.8) is 0 Å². The van der Waals surface area contributed by atoms with Crippen LogP contribution in [0.25, 0.3) is 6.08 Å². The van der Waals surface area contributed by atoms with Crippen LogP contribution in [0.2, 0.25) is 0 Å². The van der Waals surface area contributed by atoms with Crippen LogP contribution in [0.1, 0.15) is 19.5 Å². The van der Waals surface area contributed by atoms with Gasteiger partial charge in [-0.1, -0.05) is 26.5 Å². The highest BCUT2D eigenvalue weighted by Gasteiger charge is 2.01. The number of aromatic nitrogens is 2. The van der Waals surface area contributed by atoms with Crippen molar-refractivity contribution in [1.29, 1.82) is 0 Å². The van der Waals surface area contributed by atoms with E-state index >= 15 is 0 Å². The summed E-state index contributed by atoms with van der Waals surface area (Å²) in [5.74, 6) is 0.445. The van der Waals surface area contributed by atoms with E-state index in [1.807, 2.05) is 12.2 Å². The number of hydrogen-bond acceptors (Lipinski definition) is 2. The Labute approximate surface area is 78.3 Å². The molecule has 13 heavy (non-hydrogen) atoms. The van der Waals surface area contributed by atoms with Crippen LogP contribution in [0, 0.1) is 5.92 Å². The lowest BCUT2D eigenvalue weighted by Gasteiger charge is -2.04. The highest BCUT2D eigenvalue weighted by atomic mass is 15.1. The zero-order valence-corrected chi connectivity index (χ0v) is 8.04. The fourth-order valence-corrected chi connectivity index (χ4v) is 1.05. The maximum absolute atomic E-state index is 5.67. The molecule has 0 aliphatic heterocycles. The van der Waals surface area contributed by atoms with E-state index in [2.05, 4.69) is 30.6 Å². The van der Waals surface area contributed by atoms with Crippen LogP contribution in [0.5, 0.6) is 0 Å². The second-order valence-electron chi connectivity index (χ2n) is 3.24. The number of H-pyrrole nitrogens is 1. The van der Waals surface area contributed by atoms with Gasteiger partial charge in [-0.2, -0.15) is 5.10 Å². The number of hydrogen-bond donors (Lipinski definition) is 2. The summed E-state index contributed by atoms with van der Waals surface area (Å²) in [6, 6.07) is 0. The molecule has 1 aromatic rings. The van der Waals surface area contributed by atoms with E-state index in [9.17, 15) is 0 Å². The lowest BCUT2D eigenvalue weighted by molar-refractivity contribution is 0.797. The molecule has 1 aromatic heterocycles. The first-order valence-corrected chi connectivity index (χ1v) is 4.28. The van der Waals surface area contributed by atoms with Crippen molar-refractivity contribution in [1.82, 2.24) is 10.2 Å². The summed E-state index contributed by atoms with van der Waals surface area (Å²) in [6.07, 6.45) is 5.41. The third-order valence-electron chi connectivity index (χ3n) is 1.91. The van der Waals surface area contributed by atoms with Gasteiger partial charge in [-0.05, 0) is 17.6 Å². The van der Waals surface area contributed by atoms with Gasteiger partial charge in [0, 0.05) is 0 Å². The number of nitrogen functional groups attached to an aromatic ring is 1. The zero-order valence-electron chi connectivity index (χ0n) is 8.04. The number of allylic oxidation sites excluding steroid dienone is 2. The highest BCUT2D eigenvalue weighted by molar-refractivity contribution is 5.63. The Morgan fingerprint density at radius 2 is 2.38 bits per heavy atom. The fourth-order valence-electron chi connectivity index (χ4n) is 1.05. The van der Waals surface area contributed by atoms with Gasteiger partial charge in [0.2, 0.25) is 0 Å². The molecule has 0 bridgehead atoms.